The van der Waals surface area contributed by atoms with Crippen LogP contribution in [0.5, 0.6) is 0 Å². The Labute approximate surface area is 126 Å². The number of benzene rings is 1. The standard InChI is InChI=1S/C16H22N2OS/c1-11(2)13-9-6-10-18(13)16(19)14(15(17)20)12-7-4-3-5-8-12/h3-5,7-8,11,13-14H,6,9-10H2,1-2H3,(H2,17,20). The fourth-order valence-electron chi connectivity index (χ4n) is 3.00. The number of carbonyl (C=O) groups is 1. The van der Waals surface area contributed by atoms with Gasteiger partial charge in [0.05, 0.1) is 4.99 Å². The molecule has 1 amide bonds. The molecule has 20 heavy (non-hydrogen) atoms. The maximum absolute atomic E-state index is 12.9. The van der Waals surface area contributed by atoms with Gasteiger partial charge in [0.25, 0.3) is 0 Å². The molecule has 2 rings (SSSR count). The fourth-order valence-corrected chi connectivity index (χ4v) is 3.24. The van der Waals surface area contributed by atoms with Gasteiger partial charge in [-0.3, -0.25) is 4.79 Å². The average molecular weight is 290 g/mol. The molecule has 3 nitrogen and oxygen atoms in total. The summed E-state index contributed by atoms with van der Waals surface area (Å²) in [4.78, 5) is 15.1. The normalized spacial score (nSPS) is 20.1. The minimum atomic E-state index is -0.495. The van der Waals surface area contributed by atoms with E-state index in [1.165, 1.54) is 0 Å². The van der Waals surface area contributed by atoms with Crippen molar-refractivity contribution < 1.29 is 4.79 Å². The van der Waals surface area contributed by atoms with E-state index in [1.807, 2.05) is 35.2 Å². The van der Waals surface area contributed by atoms with Gasteiger partial charge in [0, 0.05) is 12.6 Å². The number of thiocarbonyl (C=S) groups is 1. The molecule has 1 aliphatic heterocycles. The molecule has 108 valence electrons. The zero-order chi connectivity index (χ0) is 14.7. The minimum absolute atomic E-state index is 0.0555. The first-order valence-corrected chi connectivity index (χ1v) is 7.58. The lowest BCUT2D eigenvalue weighted by atomic mass is 9.95. The van der Waals surface area contributed by atoms with E-state index in [4.69, 9.17) is 18.0 Å². The number of carbonyl (C=O) groups excluding carboxylic acids is 1. The molecule has 1 aliphatic rings. The van der Waals surface area contributed by atoms with Gasteiger partial charge in [-0.15, -0.1) is 0 Å². The SMILES string of the molecule is CC(C)C1CCCN1C(=O)C(C(N)=S)c1ccccc1. The van der Waals surface area contributed by atoms with E-state index in [9.17, 15) is 4.79 Å². The van der Waals surface area contributed by atoms with Crippen molar-refractivity contribution in [2.75, 3.05) is 6.54 Å². The summed E-state index contributed by atoms with van der Waals surface area (Å²) in [7, 11) is 0. The van der Waals surface area contributed by atoms with Gasteiger partial charge in [-0.05, 0) is 24.3 Å². The Hall–Kier alpha value is -1.42. The predicted molar refractivity (Wildman–Crippen MR) is 85.5 cm³/mol. The molecule has 2 atom stereocenters. The van der Waals surface area contributed by atoms with Crippen LogP contribution in [0.15, 0.2) is 30.3 Å². The molecule has 2 N–H and O–H groups in total. The Bertz CT molecular complexity index is 487. The van der Waals surface area contributed by atoms with E-state index >= 15 is 0 Å². The number of likely N-dealkylation sites (tertiary alicyclic amines) is 1. The molecule has 4 heteroatoms. The Morgan fingerprint density at radius 3 is 2.55 bits per heavy atom. The summed E-state index contributed by atoms with van der Waals surface area (Å²) in [6.45, 7) is 5.14. The highest BCUT2D eigenvalue weighted by molar-refractivity contribution is 7.80. The quantitative estimate of drug-likeness (QED) is 0.867. The van der Waals surface area contributed by atoms with Crippen LogP contribution in [0.2, 0.25) is 0 Å². The second-order valence-electron chi connectivity index (χ2n) is 5.73. The maximum atomic E-state index is 12.9. The van der Waals surface area contributed by atoms with E-state index in [1.54, 1.807) is 0 Å². The topological polar surface area (TPSA) is 46.3 Å². The van der Waals surface area contributed by atoms with Crippen LogP contribution in [0.25, 0.3) is 0 Å². The Balaban J connectivity index is 2.26. The van der Waals surface area contributed by atoms with Gasteiger partial charge < -0.3 is 10.6 Å². The number of nitrogens with two attached hydrogens (primary N) is 1. The van der Waals surface area contributed by atoms with E-state index in [0.29, 0.717) is 12.0 Å². The molecule has 1 aromatic rings. The zero-order valence-corrected chi connectivity index (χ0v) is 12.9. The highest BCUT2D eigenvalue weighted by atomic mass is 32.1. The van der Waals surface area contributed by atoms with Gasteiger partial charge in [0.1, 0.15) is 5.92 Å². The summed E-state index contributed by atoms with van der Waals surface area (Å²) in [5.74, 6) is 0.0228. The number of hydrogen-bond donors (Lipinski definition) is 1. The number of nitrogens with zero attached hydrogens (tertiary/aromatic N) is 1. The Morgan fingerprint density at radius 1 is 1.35 bits per heavy atom. The fraction of sp³-hybridized carbons (Fsp3) is 0.500. The molecule has 2 unspecified atom stereocenters. The molecular weight excluding hydrogens is 268 g/mol. The molecule has 0 bridgehead atoms. The van der Waals surface area contributed by atoms with Crippen molar-refractivity contribution >= 4 is 23.1 Å². The van der Waals surface area contributed by atoms with E-state index in [-0.39, 0.29) is 10.9 Å². The lowest BCUT2D eigenvalue weighted by Crippen LogP contribution is -2.44. The lowest BCUT2D eigenvalue weighted by molar-refractivity contribution is -0.132. The first kappa shape index (κ1) is 15.0. The zero-order valence-electron chi connectivity index (χ0n) is 12.1. The molecule has 1 heterocycles. The highest BCUT2D eigenvalue weighted by Crippen LogP contribution is 2.28. The van der Waals surface area contributed by atoms with Crippen molar-refractivity contribution in [1.29, 1.82) is 0 Å². The van der Waals surface area contributed by atoms with E-state index in [0.717, 1.165) is 24.9 Å². The summed E-state index contributed by atoms with van der Waals surface area (Å²) in [6.07, 6.45) is 2.13. The number of hydrogen-bond acceptors (Lipinski definition) is 2. The van der Waals surface area contributed by atoms with Gasteiger partial charge >= 0.3 is 0 Å². The number of rotatable bonds is 4. The van der Waals surface area contributed by atoms with Crippen LogP contribution in [-0.4, -0.2) is 28.4 Å². The van der Waals surface area contributed by atoms with Crippen LogP contribution in [0.1, 0.15) is 38.2 Å². The van der Waals surface area contributed by atoms with Crippen LogP contribution >= 0.6 is 12.2 Å². The van der Waals surface area contributed by atoms with Crippen molar-refractivity contribution in [1.82, 2.24) is 4.90 Å². The van der Waals surface area contributed by atoms with Gasteiger partial charge in [-0.1, -0.05) is 56.4 Å². The van der Waals surface area contributed by atoms with Crippen LogP contribution in [0.3, 0.4) is 0 Å². The first-order valence-electron chi connectivity index (χ1n) is 7.17. The lowest BCUT2D eigenvalue weighted by Gasteiger charge is -2.31. The molecule has 0 aromatic heterocycles. The average Bonchev–Trinajstić information content (AvgIpc) is 2.89. The maximum Gasteiger partial charge on any atom is 0.237 e. The summed E-state index contributed by atoms with van der Waals surface area (Å²) in [5, 5.41) is 0. The minimum Gasteiger partial charge on any atom is -0.392 e. The van der Waals surface area contributed by atoms with E-state index in [2.05, 4.69) is 13.8 Å². The van der Waals surface area contributed by atoms with Crippen LogP contribution in [-0.2, 0) is 4.79 Å². The predicted octanol–water partition coefficient (Wildman–Crippen LogP) is 2.70. The van der Waals surface area contributed by atoms with Crippen molar-refractivity contribution in [3.63, 3.8) is 0 Å². The molecule has 0 spiro atoms. The van der Waals surface area contributed by atoms with Crippen molar-refractivity contribution in [2.24, 2.45) is 11.7 Å². The van der Waals surface area contributed by atoms with Crippen LogP contribution in [0, 0.1) is 5.92 Å². The van der Waals surface area contributed by atoms with E-state index < -0.39 is 5.92 Å². The second-order valence-corrected chi connectivity index (χ2v) is 6.20. The molecule has 0 saturated carbocycles. The van der Waals surface area contributed by atoms with Crippen molar-refractivity contribution in [2.45, 2.75) is 38.6 Å². The van der Waals surface area contributed by atoms with Crippen LogP contribution in [0.4, 0.5) is 0 Å². The third-order valence-electron chi connectivity index (χ3n) is 4.02. The summed E-state index contributed by atoms with van der Waals surface area (Å²) < 4.78 is 0. The molecule has 0 aliphatic carbocycles. The highest BCUT2D eigenvalue weighted by Gasteiger charge is 2.36. The second kappa shape index (κ2) is 6.35. The molecule has 1 fully saturated rings. The summed E-state index contributed by atoms with van der Waals surface area (Å²) in [6, 6.07) is 9.90. The van der Waals surface area contributed by atoms with Gasteiger partial charge in [-0.25, -0.2) is 0 Å². The van der Waals surface area contributed by atoms with Gasteiger partial charge in [-0.2, -0.15) is 0 Å². The molecule has 1 aromatic carbocycles. The third-order valence-corrected chi connectivity index (χ3v) is 4.25. The summed E-state index contributed by atoms with van der Waals surface area (Å²) in [5.41, 5.74) is 6.73. The molecular formula is C16H22N2OS. The number of amides is 1. The Morgan fingerprint density at radius 2 is 2.00 bits per heavy atom. The third kappa shape index (κ3) is 3.01. The summed E-state index contributed by atoms with van der Waals surface area (Å²) >= 11 is 5.15. The van der Waals surface area contributed by atoms with Crippen molar-refractivity contribution in [3.8, 4) is 0 Å². The first-order chi connectivity index (χ1) is 9.52. The Kier molecular flexibility index (Phi) is 4.76. The molecule has 0 radical (unpaired) electrons. The largest absolute Gasteiger partial charge is 0.392 e. The van der Waals surface area contributed by atoms with Crippen molar-refractivity contribution in [3.05, 3.63) is 35.9 Å². The van der Waals surface area contributed by atoms with Gasteiger partial charge in [0.2, 0.25) is 5.91 Å². The monoisotopic (exact) mass is 290 g/mol. The molecule has 1 saturated heterocycles. The smallest absolute Gasteiger partial charge is 0.237 e. The van der Waals surface area contributed by atoms with Gasteiger partial charge in [0.15, 0.2) is 0 Å². The van der Waals surface area contributed by atoms with Crippen LogP contribution < -0.4 is 5.73 Å².